The Hall–Kier alpha value is -1.49. The van der Waals surface area contributed by atoms with Gasteiger partial charge in [0.25, 0.3) is 0 Å². The number of ether oxygens (including phenoxy) is 1. The predicted octanol–water partition coefficient (Wildman–Crippen LogP) is 2.23. The van der Waals surface area contributed by atoms with Crippen LogP contribution in [0.15, 0.2) is 12.1 Å². The summed E-state index contributed by atoms with van der Waals surface area (Å²) in [6.07, 6.45) is 0.363. The molecule has 1 unspecified atom stereocenters. The zero-order valence-electron chi connectivity index (χ0n) is 9.80. The maximum atomic E-state index is 13.5. The number of benzene rings is 1. The minimum Gasteiger partial charge on any atom is -0.469 e. The molecule has 0 saturated heterocycles. The molecule has 2 N–H and O–H groups in total. The van der Waals surface area contributed by atoms with E-state index < -0.39 is 23.6 Å². The second kappa shape index (κ2) is 5.72. The van der Waals surface area contributed by atoms with E-state index in [1.165, 1.54) is 20.1 Å². The summed E-state index contributed by atoms with van der Waals surface area (Å²) >= 11 is 0. The summed E-state index contributed by atoms with van der Waals surface area (Å²) in [5, 5.41) is 0. The van der Waals surface area contributed by atoms with E-state index in [9.17, 15) is 13.6 Å². The topological polar surface area (TPSA) is 52.3 Å². The Bertz CT molecular complexity index is 421. The summed E-state index contributed by atoms with van der Waals surface area (Å²) < 4.78 is 30.9. The molecular weight excluding hydrogens is 228 g/mol. The molecule has 0 aromatic heterocycles. The fraction of sp³-hybridized carbons (Fsp3) is 0.417. The van der Waals surface area contributed by atoms with Gasteiger partial charge >= 0.3 is 5.97 Å². The number of rotatable bonds is 4. The standard InChI is InChI=1S/C12H15F2NO2/c1-7-5-8(10(14)6-9(7)13)11(15)3-4-12(16)17-2/h5-6,11H,3-4,15H2,1-2H3. The lowest BCUT2D eigenvalue weighted by atomic mass is 10.00. The van der Waals surface area contributed by atoms with Crippen LogP contribution in [0.3, 0.4) is 0 Å². The fourth-order valence-corrected chi connectivity index (χ4v) is 1.49. The molecule has 1 rings (SSSR count). The van der Waals surface area contributed by atoms with Gasteiger partial charge < -0.3 is 10.5 Å². The van der Waals surface area contributed by atoms with Gasteiger partial charge in [-0.2, -0.15) is 0 Å². The van der Waals surface area contributed by atoms with Crippen molar-refractivity contribution in [2.75, 3.05) is 7.11 Å². The Balaban J connectivity index is 2.78. The maximum absolute atomic E-state index is 13.5. The quantitative estimate of drug-likeness (QED) is 0.825. The molecule has 94 valence electrons. The number of aryl methyl sites for hydroxylation is 1. The molecule has 5 heteroatoms. The largest absolute Gasteiger partial charge is 0.469 e. The molecule has 0 aliphatic rings. The van der Waals surface area contributed by atoms with Crippen molar-refractivity contribution in [3.8, 4) is 0 Å². The van der Waals surface area contributed by atoms with Crippen molar-refractivity contribution < 1.29 is 18.3 Å². The predicted molar refractivity (Wildman–Crippen MR) is 59.3 cm³/mol. The highest BCUT2D eigenvalue weighted by Gasteiger charge is 2.15. The Labute approximate surface area is 98.6 Å². The minimum atomic E-state index is -0.689. The number of hydrogen-bond acceptors (Lipinski definition) is 3. The van der Waals surface area contributed by atoms with Gasteiger partial charge in [0.05, 0.1) is 7.11 Å². The van der Waals surface area contributed by atoms with Crippen molar-refractivity contribution in [2.24, 2.45) is 5.73 Å². The van der Waals surface area contributed by atoms with E-state index in [4.69, 9.17) is 5.73 Å². The van der Waals surface area contributed by atoms with Gasteiger partial charge in [-0.1, -0.05) is 0 Å². The lowest BCUT2D eigenvalue weighted by Crippen LogP contribution is -2.15. The van der Waals surface area contributed by atoms with Crippen molar-refractivity contribution >= 4 is 5.97 Å². The highest BCUT2D eigenvalue weighted by atomic mass is 19.1. The van der Waals surface area contributed by atoms with Gasteiger partial charge in [-0.3, -0.25) is 4.79 Å². The van der Waals surface area contributed by atoms with E-state index in [-0.39, 0.29) is 18.4 Å². The number of hydrogen-bond donors (Lipinski definition) is 1. The molecule has 3 nitrogen and oxygen atoms in total. The third-order valence-corrected chi connectivity index (χ3v) is 2.56. The van der Waals surface area contributed by atoms with Crippen LogP contribution in [0.2, 0.25) is 0 Å². The zero-order valence-corrected chi connectivity index (χ0v) is 9.80. The third kappa shape index (κ3) is 3.49. The second-order valence-electron chi connectivity index (χ2n) is 3.84. The van der Waals surface area contributed by atoms with Crippen LogP contribution in [0.4, 0.5) is 8.78 Å². The monoisotopic (exact) mass is 243 g/mol. The number of methoxy groups -OCH3 is 1. The second-order valence-corrected chi connectivity index (χ2v) is 3.84. The molecule has 0 fully saturated rings. The SMILES string of the molecule is COC(=O)CCC(N)c1cc(C)c(F)cc1F. The van der Waals surface area contributed by atoms with Gasteiger partial charge in [0.1, 0.15) is 11.6 Å². The number of carbonyl (C=O) groups is 1. The average molecular weight is 243 g/mol. The van der Waals surface area contributed by atoms with E-state index in [2.05, 4.69) is 4.74 Å². The summed E-state index contributed by atoms with van der Waals surface area (Å²) in [4.78, 5) is 10.9. The molecule has 0 amide bonds. The number of carbonyl (C=O) groups excluding carboxylic acids is 1. The Morgan fingerprint density at radius 3 is 2.65 bits per heavy atom. The molecule has 0 heterocycles. The molecule has 0 saturated carbocycles. The van der Waals surface area contributed by atoms with Crippen LogP contribution in [-0.4, -0.2) is 13.1 Å². The molecule has 17 heavy (non-hydrogen) atoms. The first-order chi connectivity index (χ1) is 7.95. The van der Waals surface area contributed by atoms with Crippen LogP contribution in [0.1, 0.15) is 30.0 Å². The molecular formula is C12H15F2NO2. The van der Waals surface area contributed by atoms with Crippen molar-refractivity contribution in [2.45, 2.75) is 25.8 Å². The first-order valence-electron chi connectivity index (χ1n) is 5.23. The van der Waals surface area contributed by atoms with E-state index in [0.717, 1.165) is 6.07 Å². The van der Waals surface area contributed by atoms with Gasteiger partial charge in [-0.15, -0.1) is 0 Å². The number of halogens is 2. The van der Waals surface area contributed by atoms with E-state index in [1.807, 2.05) is 0 Å². The third-order valence-electron chi connectivity index (χ3n) is 2.56. The molecule has 0 aliphatic carbocycles. The van der Waals surface area contributed by atoms with Crippen molar-refractivity contribution in [3.63, 3.8) is 0 Å². The Morgan fingerprint density at radius 2 is 2.06 bits per heavy atom. The van der Waals surface area contributed by atoms with Gasteiger partial charge in [0.2, 0.25) is 0 Å². The molecule has 0 spiro atoms. The molecule has 0 bridgehead atoms. The molecule has 0 aliphatic heterocycles. The molecule has 1 aromatic rings. The van der Waals surface area contributed by atoms with Gasteiger partial charge in [0, 0.05) is 24.1 Å². The maximum Gasteiger partial charge on any atom is 0.305 e. The minimum absolute atomic E-state index is 0.105. The number of esters is 1. The van der Waals surface area contributed by atoms with Crippen LogP contribution in [-0.2, 0) is 9.53 Å². The van der Waals surface area contributed by atoms with Crippen LogP contribution in [0.5, 0.6) is 0 Å². The smallest absolute Gasteiger partial charge is 0.305 e. The highest BCUT2D eigenvalue weighted by molar-refractivity contribution is 5.69. The lowest BCUT2D eigenvalue weighted by molar-refractivity contribution is -0.140. The summed E-state index contributed by atoms with van der Waals surface area (Å²) in [7, 11) is 1.27. The van der Waals surface area contributed by atoms with Crippen LogP contribution in [0, 0.1) is 18.6 Å². The normalized spacial score (nSPS) is 12.3. The molecule has 0 radical (unpaired) electrons. The molecule has 1 aromatic carbocycles. The van der Waals surface area contributed by atoms with Crippen LogP contribution < -0.4 is 5.73 Å². The van der Waals surface area contributed by atoms with Crippen molar-refractivity contribution in [3.05, 3.63) is 34.9 Å². The Morgan fingerprint density at radius 1 is 1.41 bits per heavy atom. The van der Waals surface area contributed by atoms with Crippen molar-refractivity contribution in [1.29, 1.82) is 0 Å². The van der Waals surface area contributed by atoms with Gasteiger partial charge in [0.15, 0.2) is 0 Å². The average Bonchev–Trinajstić information content (AvgIpc) is 2.30. The summed E-state index contributed by atoms with van der Waals surface area (Å²) in [6, 6.07) is 1.53. The summed E-state index contributed by atoms with van der Waals surface area (Å²) in [5.41, 5.74) is 6.29. The van der Waals surface area contributed by atoms with Gasteiger partial charge in [-0.25, -0.2) is 8.78 Å². The van der Waals surface area contributed by atoms with E-state index in [1.54, 1.807) is 0 Å². The van der Waals surface area contributed by atoms with E-state index in [0.29, 0.717) is 5.56 Å². The van der Waals surface area contributed by atoms with Crippen LogP contribution in [0.25, 0.3) is 0 Å². The van der Waals surface area contributed by atoms with E-state index >= 15 is 0 Å². The first kappa shape index (κ1) is 13.6. The summed E-state index contributed by atoms with van der Waals surface area (Å²) in [6.45, 7) is 1.53. The fourth-order valence-electron chi connectivity index (χ4n) is 1.49. The number of nitrogens with two attached hydrogens (primary N) is 1. The summed E-state index contributed by atoms with van der Waals surface area (Å²) in [5.74, 6) is -1.70. The Kier molecular flexibility index (Phi) is 4.57. The van der Waals surface area contributed by atoms with Crippen molar-refractivity contribution in [1.82, 2.24) is 0 Å². The zero-order chi connectivity index (χ0) is 13.0. The highest BCUT2D eigenvalue weighted by Crippen LogP contribution is 2.22. The van der Waals surface area contributed by atoms with Crippen LogP contribution >= 0.6 is 0 Å². The first-order valence-corrected chi connectivity index (χ1v) is 5.23. The molecule has 1 atom stereocenters. The van der Waals surface area contributed by atoms with Gasteiger partial charge in [-0.05, 0) is 25.0 Å². The lowest BCUT2D eigenvalue weighted by Gasteiger charge is -2.13.